The Labute approximate surface area is 103 Å². The van der Waals surface area contributed by atoms with Crippen LogP contribution in [0, 0.1) is 0 Å². The van der Waals surface area contributed by atoms with Gasteiger partial charge in [0, 0.05) is 0 Å². The van der Waals surface area contributed by atoms with Gasteiger partial charge < -0.3 is 4.12 Å². The minimum absolute atomic E-state index is 0.242. The molecule has 0 amide bonds. The number of hydrogen-bond acceptors (Lipinski definition) is 1. The van der Waals surface area contributed by atoms with Gasteiger partial charge in [-0.15, -0.1) is 5.04 Å². The first-order valence-electron chi connectivity index (χ1n) is 5.82. The maximum absolute atomic E-state index is 6.43. The first-order valence-corrected chi connectivity index (χ1v) is 10.6. The lowest BCUT2D eigenvalue weighted by atomic mass is 10.2. The zero-order chi connectivity index (χ0) is 12.4. The Morgan fingerprint density at radius 1 is 1.00 bits per heavy atom. The van der Waals surface area contributed by atoms with Gasteiger partial charge in [-0.2, -0.15) is 14.2 Å². The summed E-state index contributed by atoms with van der Waals surface area (Å²) in [6, 6.07) is 10.7. The van der Waals surface area contributed by atoms with E-state index in [-0.39, 0.29) is 5.04 Å². The molecule has 0 unspecified atom stereocenters. The summed E-state index contributed by atoms with van der Waals surface area (Å²) in [7, 11) is -2.40. The first-order chi connectivity index (χ1) is 7.20. The molecule has 0 aliphatic carbocycles. The predicted molar refractivity (Wildman–Crippen MR) is 76.0 cm³/mol. The molecule has 0 atom stereocenters. The van der Waals surface area contributed by atoms with Gasteiger partial charge in [0.05, 0.1) is 0 Å². The van der Waals surface area contributed by atoms with Gasteiger partial charge in [-0.05, 0) is 19.6 Å². The topological polar surface area (TPSA) is 9.23 Å². The van der Waals surface area contributed by atoms with Gasteiger partial charge in [0.15, 0.2) is 0 Å². The molecule has 0 heterocycles. The third kappa shape index (κ3) is 4.24. The van der Waals surface area contributed by atoms with Crippen LogP contribution < -0.4 is 5.19 Å². The molecule has 16 heavy (non-hydrogen) atoms. The van der Waals surface area contributed by atoms with Crippen LogP contribution in [0.3, 0.4) is 0 Å². The molecule has 0 aliphatic heterocycles. The second kappa shape index (κ2) is 4.86. The Bertz CT molecular complexity index is 322. The molecule has 1 rings (SSSR count). The van der Waals surface area contributed by atoms with Gasteiger partial charge in [-0.1, -0.05) is 51.1 Å². The van der Waals surface area contributed by atoms with E-state index < -0.39 is 17.4 Å². The SMILES string of the molecule is CC(C)(C)[Si-](O[Si](C)(C)C)c1ccccc1. The van der Waals surface area contributed by atoms with Crippen LogP contribution in [-0.4, -0.2) is 17.4 Å². The molecule has 90 valence electrons. The standard InChI is InChI=1S/C13H23OSi2/c1-13(2,3)15(14-16(4,5)6)12-10-8-7-9-11-12/h7-11H,1-6H3/q-1. The van der Waals surface area contributed by atoms with Gasteiger partial charge in [0.1, 0.15) is 8.32 Å². The van der Waals surface area contributed by atoms with Crippen LogP contribution in [0.25, 0.3) is 0 Å². The Morgan fingerprint density at radius 2 is 1.50 bits per heavy atom. The maximum Gasteiger partial charge on any atom is 0.142 e. The van der Waals surface area contributed by atoms with Gasteiger partial charge in [-0.25, -0.2) is 0 Å². The fourth-order valence-corrected chi connectivity index (χ4v) is 7.05. The lowest BCUT2D eigenvalue weighted by Crippen LogP contribution is -2.48. The van der Waals surface area contributed by atoms with Crippen LogP contribution in [0.5, 0.6) is 0 Å². The van der Waals surface area contributed by atoms with Crippen molar-refractivity contribution in [2.24, 2.45) is 0 Å². The van der Waals surface area contributed by atoms with E-state index in [1.165, 1.54) is 5.19 Å². The van der Waals surface area contributed by atoms with Crippen molar-refractivity contribution in [1.82, 2.24) is 0 Å². The Balaban J connectivity index is 2.98. The number of benzene rings is 1. The molecular weight excluding hydrogens is 228 g/mol. The molecule has 3 heteroatoms. The van der Waals surface area contributed by atoms with Crippen molar-refractivity contribution < 1.29 is 4.12 Å². The van der Waals surface area contributed by atoms with Crippen LogP contribution in [0.15, 0.2) is 30.3 Å². The predicted octanol–water partition coefficient (Wildman–Crippen LogP) is 3.54. The molecule has 0 saturated heterocycles. The van der Waals surface area contributed by atoms with Gasteiger partial charge in [-0.3, -0.25) is 0 Å². The highest BCUT2D eigenvalue weighted by Gasteiger charge is 2.20. The summed E-state index contributed by atoms with van der Waals surface area (Å²) in [6.45, 7) is 13.7. The van der Waals surface area contributed by atoms with E-state index in [0.717, 1.165) is 0 Å². The zero-order valence-electron chi connectivity index (χ0n) is 11.3. The molecule has 0 spiro atoms. The molecule has 0 aliphatic rings. The fourth-order valence-electron chi connectivity index (χ4n) is 1.54. The van der Waals surface area contributed by atoms with Gasteiger partial charge in [0.2, 0.25) is 0 Å². The monoisotopic (exact) mass is 251 g/mol. The second-order valence-corrected chi connectivity index (χ2v) is 13.9. The van der Waals surface area contributed by atoms with Crippen LogP contribution in [0.2, 0.25) is 24.7 Å². The molecule has 0 bridgehead atoms. The number of rotatable bonds is 3. The average molecular weight is 251 g/mol. The molecule has 1 nitrogen and oxygen atoms in total. The highest BCUT2D eigenvalue weighted by atomic mass is 28.4. The van der Waals surface area contributed by atoms with E-state index in [2.05, 4.69) is 70.7 Å². The fraction of sp³-hybridized carbons (Fsp3) is 0.538. The normalized spacial score (nSPS) is 12.6. The largest absolute Gasteiger partial charge is 0.605 e. The molecule has 0 aromatic heterocycles. The molecule has 0 radical (unpaired) electrons. The van der Waals surface area contributed by atoms with Crippen molar-refractivity contribution >= 4 is 22.5 Å². The van der Waals surface area contributed by atoms with Crippen molar-refractivity contribution in [3.8, 4) is 0 Å². The third-order valence-electron chi connectivity index (χ3n) is 2.13. The van der Waals surface area contributed by atoms with Crippen LogP contribution in [0.1, 0.15) is 20.8 Å². The van der Waals surface area contributed by atoms with E-state index >= 15 is 0 Å². The summed E-state index contributed by atoms with van der Waals surface area (Å²) in [5, 5.41) is 1.63. The molecule has 0 fully saturated rings. The van der Waals surface area contributed by atoms with Gasteiger partial charge >= 0.3 is 0 Å². The summed E-state index contributed by atoms with van der Waals surface area (Å²) < 4.78 is 6.43. The Morgan fingerprint density at radius 3 is 1.88 bits per heavy atom. The van der Waals surface area contributed by atoms with Crippen LogP contribution >= 0.6 is 0 Å². The smallest absolute Gasteiger partial charge is 0.142 e. The third-order valence-corrected chi connectivity index (χ3v) is 7.61. The zero-order valence-corrected chi connectivity index (χ0v) is 13.3. The van der Waals surface area contributed by atoms with Crippen molar-refractivity contribution in [3.05, 3.63) is 30.3 Å². The van der Waals surface area contributed by atoms with Crippen molar-refractivity contribution in [1.29, 1.82) is 0 Å². The molecular formula is C13H23OSi2-. The van der Waals surface area contributed by atoms with E-state index in [1.807, 2.05) is 0 Å². The minimum Gasteiger partial charge on any atom is -0.605 e. The summed E-state index contributed by atoms with van der Waals surface area (Å²) in [5.74, 6) is 0. The highest BCUT2D eigenvalue weighted by Crippen LogP contribution is 2.29. The van der Waals surface area contributed by atoms with Crippen molar-refractivity contribution in [2.75, 3.05) is 0 Å². The molecule has 1 aromatic rings. The van der Waals surface area contributed by atoms with Crippen molar-refractivity contribution in [3.63, 3.8) is 0 Å². The van der Waals surface area contributed by atoms with E-state index in [0.29, 0.717) is 0 Å². The van der Waals surface area contributed by atoms with Crippen LogP contribution in [-0.2, 0) is 4.12 Å². The van der Waals surface area contributed by atoms with E-state index in [1.54, 1.807) is 0 Å². The summed E-state index contributed by atoms with van der Waals surface area (Å²) in [4.78, 5) is 0. The minimum atomic E-state index is -1.47. The Hall–Kier alpha value is -0.386. The molecule has 1 aromatic carbocycles. The summed E-state index contributed by atoms with van der Waals surface area (Å²) in [5.41, 5.74) is 0. The number of hydrogen-bond donors (Lipinski definition) is 0. The van der Waals surface area contributed by atoms with E-state index in [4.69, 9.17) is 4.12 Å². The van der Waals surface area contributed by atoms with Crippen LogP contribution in [0.4, 0.5) is 0 Å². The second-order valence-electron chi connectivity index (χ2n) is 6.16. The highest BCUT2D eigenvalue weighted by molar-refractivity contribution is 6.83. The average Bonchev–Trinajstić information content (AvgIpc) is 2.13. The Kier molecular flexibility index (Phi) is 4.15. The summed E-state index contributed by atoms with van der Waals surface area (Å²) >= 11 is 0. The molecule has 0 N–H and O–H groups in total. The van der Waals surface area contributed by atoms with E-state index in [9.17, 15) is 0 Å². The lowest BCUT2D eigenvalue weighted by Gasteiger charge is -2.49. The van der Waals surface area contributed by atoms with Crippen molar-refractivity contribution in [2.45, 2.75) is 45.5 Å². The maximum atomic E-state index is 6.43. The first kappa shape index (κ1) is 13.7. The quantitative estimate of drug-likeness (QED) is 0.747. The molecule has 0 saturated carbocycles. The lowest BCUT2D eigenvalue weighted by molar-refractivity contribution is 0.527. The van der Waals surface area contributed by atoms with Gasteiger partial charge in [0.25, 0.3) is 0 Å². The summed E-state index contributed by atoms with van der Waals surface area (Å²) in [6.07, 6.45) is 0.